The van der Waals surface area contributed by atoms with E-state index in [4.69, 9.17) is 4.74 Å². The second kappa shape index (κ2) is 11.4. The van der Waals surface area contributed by atoms with Crippen molar-refractivity contribution in [2.75, 3.05) is 6.61 Å². The minimum Gasteiger partial charge on any atom is -0.377 e. The summed E-state index contributed by atoms with van der Waals surface area (Å²) in [5.74, 6) is 0.697. The highest BCUT2D eigenvalue weighted by atomic mass is 16.5. The zero-order valence-corrected chi connectivity index (χ0v) is 16.0. The summed E-state index contributed by atoms with van der Waals surface area (Å²) in [7, 11) is 0. The van der Waals surface area contributed by atoms with E-state index in [0.717, 1.165) is 58.0 Å². The Morgan fingerprint density at radius 3 is 2.56 bits per heavy atom. The first-order valence-electron chi connectivity index (χ1n) is 10.1. The van der Waals surface area contributed by atoms with Gasteiger partial charge in [-0.25, -0.2) is 0 Å². The highest BCUT2D eigenvalue weighted by molar-refractivity contribution is 5.83. The lowest BCUT2D eigenvalue weighted by molar-refractivity contribution is -0.127. The van der Waals surface area contributed by atoms with Crippen molar-refractivity contribution < 1.29 is 9.53 Å². The fourth-order valence-corrected chi connectivity index (χ4v) is 3.87. The molecule has 0 saturated carbocycles. The van der Waals surface area contributed by atoms with Crippen LogP contribution in [0.1, 0.15) is 70.8 Å². The van der Waals surface area contributed by atoms with E-state index in [1.54, 1.807) is 0 Å². The van der Waals surface area contributed by atoms with Crippen LogP contribution in [-0.2, 0) is 16.1 Å². The van der Waals surface area contributed by atoms with Crippen LogP contribution in [0.15, 0.2) is 30.3 Å². The van der Waals surface area contributed by atoms with Gasteiger partial charge in [0.05, 0.1) is 6.61 Å². The summed E-state index contributed by atoms with van der Waals surface area (Å²) in [5.41, 5.74) is 1.22. The zero-order chi connectivity index (χ0) is 17.9. The van der Waals surface area contributed by atoms with E-state index >= 15 is 0 Å². The van der Waals surface area contributed by atoms with E-state index in [0.29, 0.717) is 24.5 Å². The zero-order valence-electron chi connectivity index (χ0n) is 16.0. The minimum atomic E-state index is 0.210. The lowest BCUT2D eigenvalue weighted by Gasteiger charge is -2.37. The predicted molar refractivity (Wildman–Crippen MR) is 104 cm³/mol. The van der Waals surface area contributed by atoms with Crippen LogP contribution >= 0.6 is 0 Å². The third-order valence-corrected chi connectivity index (χ3v) is 5.22. The third kappa shape index (κ3) is 6.91. The first-order chi connectivity index (χ1) is 12.2. The molecule has 0 radical (unpaired) electrons. The van der Waals surface area contributed by atoms with Crippen LogP contribution in [0.2, 0.25) is 0 Å². The molecule has 1 N–H and O–H groups in total. The molecule has 1 heterocycles. The molecule has 3 atom stereocenters. The number of benzene rings is 1. The van der Waals surface area contributed by atoms with Crippen molar-refractivity contribution >= 4 is 5.78 Å². The highest BCUT2D eigenvalue weighted by Crippen LogP contribution is 2.26. The van der Waals surface area contributed by atoms with Gasteiger partial charge in [-0.3, -0.25) is 4.79 Å². The van der Waals surface area contributed by atoms with Gasteiger partial charge in [0.15, 0.2) is 0 Å². The molecular weight excluding hydrogens is 310 g/mol. The van der Waals surface area contributed by atoms with Crippen LogP contribution in [0.4, 0.5) is 0 Å². The van der Waals surface area contributed by atoms with Crippen LogP contribution in [0.25, 0.3) is 0 Å². The number of hydrogen-bond acceptors (Lipinski definition) is 3. The van der Waals surface area contributed by atoms with Crippen LogP contribution < -0.4 is 5.32 Å². The van der Waals surface area contributed by atoms with Gasteiger partial charge in [-0.05, 0) is 31.2 Å². The molecule has 25 heavy (non-hydrogen) atoms. The van der Waals surface area contributed by atoms with Crippen LogP contribution in [0, 0.1) is 5.92 Å². The predicted octanol–water partition coefficient (Wildman–Crippen LogP) is 4.89. The highest BCUT2D eigenvalue weighted by Gasteiger charge is 2.34. The summed E-state index contributed by atoms with van der Waals surface area (Å²) >= 11 is 0. The number of unbranched alkanes of at least 4 members (excludes halogenated alkanes) is 1. The first kappa shape index (κ1) is 20.1. The van der Waals surface area contributed by atoms with Crippen molar-refractivity contribution in [3.05, 3.63) is 35.9 Å². The van der Waals surface area contributed by atoms with Crippen LogP contribution in [-0.4, -0.2) is 24.5 Å². The molecule has 0 aromatic heterocycles. The van der Waals surface area contributed by atoms with E-state index in [1.807, 2.05) is 18.2 Å². The van der Waals surface area contributed by atoms with E-state index < -0.39 is 0 Å². The molecule has 3 heteroatoms. The van der Waals surface area contributed by atoms with E-state index in [-0.39, 0.29) is 5.92 Å². The molecular formula is C22H35NO2. The Hall–Kier alpha value is -1.19. The lowest BCUT2D eigenvalue weighted by Crippen LogP contribution is -2.52. The van der Waals surface area contributed by atoms with Gasteiger partial charge in [0, 0.05) is 31.0 Å². The maximum atomic E-state index is 12.6. The quantitative estimate of drug-likeness (QED) is 0.580. The molecule has 140 valence electrons. The Balaban J connectivity index is 1.77. The van der Waals surface area contributed by atoms with Gasteiger partial charge in [0.25, 0.3) is 0 Å². The molecule has 0 unspecified atom stereocenters. The maximum absolute atomic E-state index is 12.6. The average molecular weight is 346 g/mol. The molecule has 0 bridgehead atoms. The number of nitrogens with one attached hydrogen (secondary N) is 1. The Morgan fingerprint density at radius 1 is 1.04 bits per heavy atom. The Labute approximate surface area is 153 Å². The number of piperidine rings is 1. The molecule has 1 aromatic carbocycles. The number of hydrogen-bond donors (Lipinski definition) is 1. The van der Waals surface area contributed by atoms with Gasteiger partial charge in [-0.15, -0.1) is 0 Å². The summed E-state index contributed by atoms with van der Waals surface area (Å²) in [4.78, 5) is 12.6. The van der Waals surface area contributed by atoms with Crippen LogP contribution in [0.5, 0.6) is 0 Å². The number of carbonyl (C=O) groups excluding carboxylic acids is 1. The molecule has 1 saturated heterocycles. The van der Waals surface area contributed by atoms with Gasteiger partial charge >= 0.3 is 0 Å². The van der Waals surface area contributed by atoms with Gasteiger partial charge in [-0.2, -0.15) is 0 Å². The lowest BCUT2D eigenvalue weighted by atomic mass is 9.80. The first-order valence-corrected chi connectivity index (χ1v) is 10.1. The second-order valence-corrected chi connectivity index (χ2v) is 7.36. The summed E-state index contributed by atoms with van der Waals surface area (Å²) in [5, 5.41) is 3.78. The fourth-order valence-electron chi connectivity index (χ4n) is 3.87. The molecule has 0 spiro atoms. The number of ketones is 1. The molecule has 0 amide bonds. The number of rotatable bonds is 11. The molecule has 2 rings (SSSR count). The largest absolute Gasteiger partial charge is 0.377 e. The standard InChI is InChI=1S/C22H35NO2/c1-3-5-13-20-21(23-19(10-4-2)16-22(20)24)14-9-15-25-17-18-11-7-6-8-12-18/h6-8,11-12,19-21,23H,3-5,9-10,13-17H2,1-2H3/t19-,20+,21+/m0/s1. The van der Waals surface area contributed by atoms with Gasteiger partial charge < -0.3 is 10.1 Å². The smallest absolute Gasteiger partial charge is 0.139 e. The van der Waals surface area contributed by atoms with Crippen molar-refractivity contribution in [1.82, 2.24) is 5.32 Å². The molecule has 0 aliphatic carbocycles. The van der Waals surface area contributed by atoms with Crippen molar-refractivity contribution in [3.63, 3.8) is 0 Å². The Bertz CT molecular complexity index is 488. The molecule has 3 nitrogen and oxygen atoms in total. The van der Waals surface area contributed by atoms with Crippen molar-refractivity contribution in [3.8, 4) is 0 Å². The Kier molecular flexibility index (Phi) is 9.20. The number of ether oxygens (including phenoxy) is 1. The Morgan fingerprint density at radius 2 is 1.84 bits per heavy atom. The van der Waals surface area contributed by atoms with Crippen molar-refractivity contribution in [1.29, 1.82) is 0 Å². The fraction of sp³-hybridized carbons (Fsp3) is 0.682. The van der Waals surface area contributed by atoms with E-state index in [2.05, 4.69) is 31.3 Å². The SMILES string of the molecule is CCCC[C@H]1C(=O)C[C@H](CCC)N[C@@H]1CCCOCc1ccccc1. The maximum Gasteiger partial charge on any atom is 0.139 e. The van der Waals surface area contributed by atoms with Crippen LogP contribution in [0.3, 0.4) is 0 Å². The van der Waals surface area contributed by atoms with Gasteiger partial charge in [0.2, 0.25) is 0 Å². The summed E-state index contributed by atoms with van der Waals surface area (Å²) in [6.45, 7) is 5.84. The average Bonchev–Trinajstić information content (AvgIpc) is 2.62. The number of Topliss-reactive ketones (excluding diaryl/α,β-unsaturated/α-hetero) is 1. The third-order valence-electron chi connectivity index (χ3n) is 5.22. The topological polar surface area (TPSA) is 38.3 Å². The second-order valence-electron chi connectivity index (χ2n) is 7.36. The molecule has 1 fully saturated rings. The van der Waals surface area contributed by atoms with Gasteiger partial charge in [-0.1, -0.05) is 63.4 Å². The van der Waals surface area contributed by atoms with E-state index in [9.17, 15) is 4.79 Å². The molecule has 1 aromatic rings. The van der Waals surface area contributed by atoms with E-state index in [1.165, 1.54) is 5.56 Å². The summed E-state index contributed by atoms with van der Waals surface area (Å²) < 4.78 is 5.82. The molecule has 1 aliphatic heterocycles. The number of carbonyl (C=O) groups is 1. The summed E-state index contributed by atoms with van der Waals surface area (Å²) in [6.07, 6.45) is 8.37. The van der Waals surface area contributed by atoms with Crippen molar-refractivity contribution in [2.24, 2.45) is 5.92 Å². The monoisotopic (exact) mass is 345 g/mol. The minimum absolute atomic E-state index is 0.210. The normalized spacial score (nSPS) is 23.8. The van der Waals surface area contributed by atoms with Gasteiger partial charge in [0.1, 0.15) is 5.78 Å². The summed E-state index contributed by atoms with van der Waals surface area (Å²) in [6, 6.07) is 11.0. The molecule has 1 aliphatic rings. The van der Waals surface area contributed by atoms with Crippen molar-refractivity contribution in [2.45, 2.75) is 83.9 Å².